The molecular formula is C108H82N20O6S5. The molecule has 31 heteroatoms. The highest BCUT2D eigenvalue weighted by molar-refractivity contribution is 7.11. The summed E-state index contributed by atoms with van der Waals surface area (Å²) in [6.07, 6.45) is 25.5. The van der Waals surface area contributed by atoms with Crippen LogP contribution in [0.25, 0.3) is 71.0 Å². The van der Waals surface area contributed by atoms with Gasteiger partial charge in [0.05, 0.1) is 109 Å². The zero-order chi connectivity index (χ0) is 95.2. The zero-order valence-electron chi connectivity index (χ0n) is 74.9. The van der Waals surface area contributed by atoms with Crippen LogP contribution in [0.5, 0.6) is 35.1 Å². The van der Waals surface area contributed by atoms with Crippen molar-refractivity contribution < 1.29 is 30.3 Å². The molecule has 0 saturated carbocycles. The van der Waals surface area contributed by atoms with Crippen LogP contribution in [0.2, 0.25) is 0 Å². The van der Waals surface area contributed by atoms with Crippen molar-refractivity contribution in [2.45, 2.75) is 13.8 Å². The van der Waals surface area contributed by atoms with Gasteiger partial charge in [0.25, 0.3) is 0 Å². The summed E-state index contributed by atoms with van der Waals surface area (Å²) in [5.41, 5.74) is 11.8. The molecule has 0 radical (unpaired) electrons. The number of aromatic hydroxyl groups is 5. The minimum absolute atomic E-state index is 0.130. The van der Waals surface area contributed by atoms with Crippen LogP contribution in [0.4, 0.5) is 34.4 Å². The number of nitrogens with zero attached hydrogens (tertiary/aromatic N) is 20. The molecule has 5 aliphatic heterocycles. The molecular weight excluding hydrogens is 1830 g/mol. The van der Waals surface area contributed by atoms with E-state index in [1.54, 1.807) is 87.8 Å². The first-order valence-electron chi connectivity index (χ1n) is 43.5. The smallest absolute Gasteiger partial charge is 0.215 e. The van der Waals surface area contributed by atoms with Gasteiger partial charge in [0.1, 0.15) is 24.8 Å². The lowest BCUT2D eigenvalue weighted by Gasteiger charge is -2.05. The van der Waals surface area contributed by atoms with E-state index in [0.717, 1.165) is 156 Å². The molecule has 0 amide bonds. The van der Waals surface area contributed by atoms with Crippen LogP contribution < -0.4 is 81.6 Å². The van der Waals surface area contributed by atoms with Gasteiger partial charge in [-0.1, -0.05) is 190 Å². The number of thiazole rings is 5. The third-order valence-corrected chi connectivity index (χ3v) is 26.9. The number of hydrogen-bond acceptors (Lipinski definition) is 26. The van der Waals surface area contributed by atoms with E-state index in [1.165, 1.54) is 56.7 Å². The van der Waals surface area contributed by atoms with Gasteiger partial charge in [-0.25, -0.2) is 54.9 Å². The summed E-state index contributed by atoms with van der Waals surface area (Å²) in [7, 11) is 5.09. The normalized spacial score (nSPS) is 13.6. The maximum absolute atomic E-state index is 11.1. The van der Waals surface area contributed by atoms with Gasteiger partial charge in [0, 0.05) is 50.0 Å². The molecule has 0 spiro atoms. The maximum atomic E-state index is 11.1. The number of aromatic nitrogens is 7. The Hall–Kier alpha value is -17.5. The molecule has 11 aromatic carbocycles. The van der Waals surface area contributed by atoms with Gasteiger partial charge in [0.2, 0.25) is 29.4 Å². The van der Waals surface area contributed by atoms with Crippen molar-refractivity contribution in [3.8, 4) is 63.6 Å². The fourth-order valence-corrected chi connectivity index (χ4v) is 19.9. The lowest BCUT2D eigenvalue weighted by Crippen LogP contribution is -2.11. The molecule has 0 fully saturated rings. The Morgan fingerprint density at radius 3 is 0.885 bits per heavy atom. The molecule has 5 aliphatic rings. The Labute approximate surface area is 812 Å². The Balaban J connectivity index is 0.000000111. The fraction of sp³-hybridized carbons (Fsp3) is 0.0463. The van der Waals surface area contributed by atoms with Gasteiger partial charge >= 0.3 is 0 Å². The quantitative estimate of drug-likeness (QED) is 0.0695. The Kier molecular flexibility index (Phi) is 27.1. The van der Waals surface area contributed by atoms with Crippen molar-refractivity contribution in [3.05, 3.63) is 440 Å². The van der Waals surface area contributed by atoms with Crippen LogP contribution in [0, 0.1) is 13.8 Å². The van der Waals surface area contributed by atoms with Crippen molar-refractivity contribution in [2.24, 2.45) is 64.9 Å². The molecule has 7 aromatic heterocycles. The molecule has 12 heterocycles. The van der Waals surface area contributed by atoms with Gasteiger partial charge in [0.15, 0.2) is 35.6 Å². The van der Waals surface area contributed by atoms with Crippen molar-refractivity contribution in [1.29, 1.82) is 0 Å². The number of rotatable bonds is 14. The van der Waals surface area contributed by atoms with Crippen LogP contribution in [0.15, 0.2) is 381 Å². The maximum Gasteiger partial charge on any atom is 0.215 e. The summed E-state index contributed by atoms with van der Waals surface area (Å²) in [5, 5.41) is 63.9. The first-order chi connectivity index (χ1) is 68.1. The number of methoxy groups -OCH3 is 1. The van der Waals surface area contributed by atoms with Gasteiger partial charge < -0.3 is 30.3 Å². The highest BCUT2D eigenvalue weighted by Crippen LogP contribution is 2.32. The third-order valence-electron chi connectivity index (χ3n) is 21.8. The predicted molar refractivity (Wildman–Crippen MR) is 553 cm³/mol. The van der Waals surface area contributed by atoms with Crippen LogP contribution in [-0.2, 0) is 0 Å². The second-order valence-corrected chi connectivity index (χ2v) is 36.2. The van der Waals surface area contributed by atoms with E-state index in [9.17, 15) is 25.5 Å². The first kappa shape index (κ1) is 90.7. The standard InChI is InChI=1S/C24H18N4O2S.C24H18N4OS.C23H17N5OS.C19H15N3OS.C18H14N4OS/c1-30-19-10-8-17(9-11-19)27-24-28(18-5-3-2-4-6-18)23(29)22(31-24)14-16-7-12-20-21(13-16)26-15-25-20;1-16-7-10-22(26-15-16)27-24-28(19-5-3-2-4-6-19)23(29)21(30-24)14-17-8-9-20-18(13-17)11-12-25-20;1-15-7-10-21(24-13-15)27-23-28(17-5-3-2-4-6-17)22(29)20(30-23)12-16-8-9-18-19(11-16)26-14-25-18;1-20-19-22(15-5-3-2-4-6-15)18(23)17(24-19)12-13-7-8-16-14(11-13)9-10-21-16;1-19-18-22(13-5-3-2-4-6-13)17(23)16(24-18)10-12-7-8-14-15(9-12)21-11-20-14/h2-15,29H,1H3;2-15,29H,1H3;2-14,29H,1H3;2-12,23H,1H3;2-11,23H,1H3. The van der Waals surface area contributed by atoms with Crippen LogP contribution in [-0.4, -0.2) is 98.6 Å². The average Bonchev–Trinajstić information content (AvgIpc) is 1.92. The van der Waals surface area contributed by atoms with E-state index in [2.05, 4.69) is 72.0 Å². The molecule has 0 saturated heterocycles. The number of ether oxygens (including phenoxy) is 1. The van der Waals surface area contributed by atoms with E-state index in [4.69, 9.17) is 19.7 Å². The molecule has 0 atom stereocenters. The summed E-state index contributed by atoms with van der Waals surface area (Å²) < 4.78 is 14.0. The van der Waals surface area contributed by atoms with Gasteiger partial charge in [-0.3, -0.25) is 42.8 Å². The number of aryl methyl sites for hydroxylation is 2. The minimum atomic E-state index is 0.130. The topological polar surface area (TPSA) is 321 Å². The monoisotopic (exact) mass is 1910 g/mol. The summed E-state index contributed by atoms with van der Waals surface area (Å²) in [4.78, 5) is 72.5. The number of pyridine rings is 2. The van der Waals surface area contributed by atoms with Gasteiger partial charge in [-0.05, 0) is 251 Å². The molecule has 18 aromatic rings. The molecule has 680 valence electrons. The molecule has 0 aliphatic carbocycles. The van der Waals surface area contributed by atoms with E-state index in [0.29, 0.717) is 35.8 Å². The third kappa shape index (κ3) is 20.8. The molecule has 26 nitrogen and oxygen atoms in total. The van der Waals surface area contributed by atoms with Crippen molar-refractivity contribution in [2.75, 3.05) is 21.2 Å². The molecule has 23 rings (SSSR count). The van der Waals surface area contributed by atoms with Crippen LogP contribution in [0.1, 0.15) is 46.6 Å². The molecule has 139 heavy (non-hydrogen) atoms. The fourth-order valence-electron chi connectivity index (χ4n) is 15.0. The second kappa shape index (κ2) is 41.6. The molecule has 0 bridgehead atoms. The largest absolute Gasteiger partial charge is 0.497 e. The zero-order valence-corrected chi connectivity index (χ0v) is 79.0. The lowest BCUT2D eigenvalue weighted by atomic mass is 10.2. The molecule has 5 N–H and O–H groups in total. The van der Waals surface area contributed by atoms with E-state index in [1.807, 2.05) is 335 Å². The molecule has 0 unspecified atom stereocenters. The average molecular weight is 1920 g/mol. The Morgan fingerprint density at radius 2 is 0.590 bits per heavy atom. The van der Waals surface area contributed by atoms with Crippen molar-refractivity contribution in [1.82, 2.24) is 32.8 Å². The minimum Gasteiger partial charge on any atom is -0.497 e. The first-order valence-corrected chi connectivity index (χ1v) is 47.6. The summed E-state index contributed by atoms with van der Waals surface area (Å²) in [5.74, 6) is 2.76. The predicted octanol–water partition coefficient (Wildman–Crippen LogP) is 14.6. The SMILES string of the molecule is CN=c1sc(C=c2ccc3c(c2)C=CN=3)c(O)n1-c1ccccc1.CN=c1sc(C=c2ccc3c(c2)N=CN=3)c(O)n1-c1ccccc1.COc1ccc(N=c2sc(C=c3ccc4c(c3)N=CN=4)c(O)n2-c2ccccc2)cc1.Cc1ccc(N=c2sc(C=c3ccc4c(c3)C=CN=4)c(O)n2-c2ccccc2)nc1.Cc1ccc(N=c2sc(C=c3ccc4c(c3)N=CN=4)c(O)n2-c2ccccc2)nc1. The summed E-state index contributed by atoms with van der Waals surface area (Å²) in [6.45, 7) is 3.98. The highest BCUT2D eigenvalue weighted by Gasteiger charge is 2.20. The van der Waals surface area contributed by atoms with E-state index in [-0.39, 0.29) is 29.4 Å². The van der Waals surface area contributed by atoms with Crippen molar-refractivity contribution >= 4 is 153 Å². The number of benzene rings is 11. The number of aliphatic imine (C=N–C) groups is 3. The van der Waals surface area contributed by atoms with E-state index >= 15 is 0 Å². The Bertz CT molecular complexity index is 8620. The number of fused-ring (bicyclic) bond motifs is 5. The lowest BCUT2D eigenvalue weighted by molar-refractivity contribution is 0.415. The highest BCUT2D eigenvalue weighted by atomic mass is 32.1. The Morgan fingerprint density at radius 1 is 0.302 bits per heavy atom. The van der Waals surface area contributed by atoms with Crippen molar-refractivity contribution in [3.63, 3.8) is 0 Å². The van der Waals surface area contributed by atoms with Crippen LogP contribution in [0.3, 0.4) is 0 Å². The van der Waals surface area contributed by atoms with E-state index < -0.39 is 0 Å². The number of para-hydroxylation sites is 5. The summed E-state index contributed by atoms with van der Waals surface area (Å²) >= 11 is 7.12. The van der Waals surface area contributed by atoms with Crippen LogP contribution >= 0.6 is 56.7 Å². The van der Waals surface area contributed by atoms with Gasteiger partial charge in [-0.15, -0.1) is 0 Å². The van der Waals surface area contributed by atoms with Gasteiger partial charge in [-0.2, -0.15) is 0 Å². The number of hydrogen-bond donors (Lipinski definition) is 5. The summed E-state index contributed by atoms with van der Waals surface area (Å²) in [6, 6.07) is 93.3. The second-order valence-electron chi connectivity index (χ2n) is 31.2.